The smallest absolute Gasteiger partial charge is 0.148 e. The number of benzene rings is 2. The van der Waals surface area contributed by atoms with Crippen molar-refractivity contribution in [3.05, 3.63) is 58.1 Å². The van der Waals surface area contributed by atoms with Crippen LogP contribution in [0.5, 0.6) is 0 Å². The predicted molar refractivity (Wildman–Crippen MR) is 104 cm³/mol. The molecule has 2 aromatic carbocycles. The van der Waals surface area contributed by atoms with Crippen molar-refractivity contribution in [1.29, 1.82) is 0 Å². The van der Waals surface area contributed by atoms with Gasteiger partial charge in [-0.2, -0.15) is 0 Å². The fourth-order valence-corrected chi connectivity index (χ4v) is 4.65. The topological polar surface area (TPSA) is 68.3 Å². The Labute approximate surface area is 165 Å². The van der Waals surface area contributed by atoms with E-state index in [0.717, 1.165) is 10.0 Å². The quantitative estimate of drug-likeness (QED) is 0.693. The highest BCUT2D eigenvalue weighted by Gasteiger charge is 2.40. The Balaban J connectivity index is 2.01. The summed E-state index contributed by atoms with van der Waals surface area (Å²) < 4.78 is 0.787. The highest BCUT2D eigenvalue weighted by molar-refractivity contribution is 9.10. The summed E-state index contributed by atoms with van der Waals surface area (Å²) >= 11 is 3.54. The van der Waals surface area contributed by atoms with Crippen LogP contribution in [0.15, 0.2) is 46.9 Å². The molecule has 4 rings (SSSR count). The van der Waals surface area contributed by atoms with E-state index in [1.807, 2.05) is 24.3 Å². The van der Waals surface area contributed by atoms with Gasteiger partial charge in [-0.25, -0.2) is 0 Å². The zero-order valence-corrected chi connectivity index (χ0v) is 16.1. The van der Waals surface area contributed by atoms with Crippen LogP contribution in [0.3, 0.4) is 0 Å². The summed E-state index contributed by atoms with van der Waals surface area (Å²) in [7, 11) is 0. The summed E-state index contributed by atoms with van der Waals surface area (Å²) in [6, 6.07) is 12.8. The molecule has 0 unspecified atom stereocenters. The van der Waals surface area contributed by atoms with E-state index in [1.165, 1.54) is 0 Å². The van der Waals surface area contributed by atoms with Crippen molar-refractivity contribution in [2.45, 2.75) is 37.5 Å². The third-order valence-electron chi connectivity index (χ3n) is 5.42. The van der Waals surface area contributed by atoms with Gasteiger partial charge in [0.25, 0.3) is 0 Å². The van der Waals surface area contributed by atoms with Crippen LogP contribution in [-0.4, -0.2) is 23.1 Å². The van der Waals surface area contributed by atoms with Crippen LogP contribution < -0.4 is 0 Å². The Morgan fingerprint density at radius 1 is 0.630 bits per heavy atom. The summed E-state index contributed by atoms with van der Waals surface area (Å²) in [5, 5.41) is 0. The van der Waals surface area contributed by atoms with Crippen LogP contribution in [0.25, 0.3) is 11.1 Å². The number of hydrogen-bond donors (Lipinski definition) is 0. The zero-order valence-electron chi connectivity index (χ0n) is 14.5. The highest BCUT2D eigenvalue weighted by Crippen LogP contribution is 2.43. The molecule has 0 N–H and O–H groups in total. The molecule has 0 atom stereocenters. The van der Waals surface area contributed by atoms with E-state index < -0.39 is 11.8 Å². The number of carbonyl (C=O) groups excluding carboxylic acids is 4. The zero-order chi connectivity index (χ0) is 19.1. The number of rotatable bonds is 3. The fourth-order valence-electron chi connectivity index (χ4n) is 4.17. The Morgan fingerprint density at radius 3 is 1.52 bits per heavy atom. The van der Waals surface area contributed by atoms with Crippen molar-refractivity contribution in [2.24, 2.45) is 0 Å². The van der Waals surface area contributed by atoms with Crippen molar-refractivity contribution in [3.63, 3.8) is 0 Å². The first-order valence-electron chi connectivity index (χ1n) is 8.97. The van der Waals surface area contributed by atoms with E-state index >= 15 is 0 Å². The summed E-state index contributed by atoms with van der Waals surface area (Å²) in [4.78, 5) is 49.8. The maximum atomic E-state index is 12.4. The Kier molecular flexibility index (Phi) is 4.64. The molecule has 0 bridgehead atoms. The van der Waals surface area contributed by atoms with Crippen LogP contribution >= 0.6 is 15.9 Å². The van der Waals surface area contributed by atoms with Gasteiger partial charge in [0.1, 0.15) is 35.0 Å². The first kappa shape index (κ1) is 18.0. The van der Waals surface area contributed by atoms with Gasteiger partial charge in [0.15, 0.2) is 0 Å². The van der Waals surface area contributed by atoms with Crippen LogP contribution in [-0.2, 0) is 19.2 Å². The van der Waals surface area contributed by atoms with Gasteiger partial charge in [0, 0.05) is 30.2 Å². The number of ketones is 4. The first-order valence-corrected chi connectivity index (χ1v) is 9.77. The van der Waals surface area contributed by atoms with Crippen LogP contribution in [0.2, 0.25) is 0 Å². The minimum Gasteiger partial charge on any atom is -0.299 e. The average Bonchev–Trinajstić information content (AvgIpc) is 3.16. The van der Waals surface area contributed by atoms with Crippen LogP contribution in [0, 0.1) is 0 Å². The van der Waals surface area contributed by atoms with E-state index in [-0.39, 0.29) is 48.8 Å². The molecule has 4 nitrogen and oxygen atoms in total. The van der Waals surface area contributed by atoms with E-state index in [1.54, 1.807) is 18.2 Å². The second kappa shape index (κ2) is 6.97. The molecule has 2 aliphatic rings. The number of carbonyl (C=O) groups is 4. The molecule has 0 heterocycles. The molecular weight excluding hydrogens is 408 g/mol. The average molecular weight is 425 g/mol. The lowest BCUT2D eigenvalue weighted by atomic mass is 9.81. The molecule has 0 radical (unpaired) electrons. The maximum absolute atomic E-state index is 12.4. The van der Waals surface area contributed by atoms with Gasteiger partial charge < -0.3 is 0 Å². The number of Topliss-reactive ketones (excluding diaryl/α,β-unsaturated/α-hetero) is 4. The van der Waals surface area contributed by atoms with Crippen molar-refractivity contribution in [2.75, 3.05) is 0 Å². The maximum Gasteiger partial charge on any atom is 0.148 e. The largest absolute Gasteiger partial charge is 0.299 e. The third-order valence-corrected chi connectivity index (χ3v) is 6.11. The SMILES string of the molecule is O=C1CCC(=O)C1c1cccc(C2C(=O)CCC2=O)c1-c1ccccc1Br. The molecule has 0 aliphatic heterocycles. The minimum absolute atomic E-state index is 0.102. The molecule has 0 amide bonds. The summed E-state index contributed by atoms with van der Waals surface area (Å²) in [6.45, 7) is 0. The summed E-state index contributed by atoms with van der Waals surface area (Å²) in [5.41, 5.74) is 2.63. The Morgan fingerprint density at radius 2 is 1.07 bits per heavy atom. The molecule has 2 fully saturated rings. The molecule has 2 aromatic rings. The second-order valence-corrected chi connectivity index (χ2v) is 7.88. The van der Waals surface area contributed by atoms with Gasteiger partial charge in [-0.05, 0) is 28.3 Å². The number of halogens is 1. The van der Waals surface area contributed by atoms with Gasteiger partial charge in [-0.3, -0.25) is 19.2 Å². The molecule has 0 aromatic heterocycles. The van der Waals surface area contributed by atoms with Gasteiger partial charge in [-0.15, -0.1) is 0 Å². The van der Waals surface area contributed by atoms with Crippen molar-refractivity contribution >= 4 is 39.1 Å². The van der Waals surface area contributed by atoms with E-state index in [2.05, 4.69) is 15.9 Å². The van der Waals surface area contributed by atoms with Crippen LogP contribution in [0.4, 0.5) is 0 Å². The van der Waals surface area contributed by atoms with Crippen molar-refractivity contribution in [3.8, 4) is 11.1 Å². The Hall–Kier alpha value is -2.40. The fraction of sp³-hybridized carbons (Fsp3) is 0.273. The van der Waals surface area contributed by atoms with Gasteiger partial charge in [0.05, 0.1) is 0 Å². The molecule has 2 aliphatic carbocycles. The van der Waals surface area contributed by atoms with Gasteiger partial charge in [-0.1, -0.05) is 52.3 Å². The van der Waals surface area contributed by atoms with E-state index in [0.29, 0.717) is 16.7 Å². The molecular formula is C22H17BrO4. The monoisotopic (exact) mass is 424 g/mol. The van der Waals surface area contributed by atoms with Gasteiger partial charge >= 0.3 is 0 Å². The summed E-state index contributed by atoms with van der Waals surface area (Å²) in [6.07, 6.45) is 0.962. The molecule has 5 heteroatoms. The number of hydrogen-bond acceptors (Lipinski definition) is 4. The molecule has 0 saturated heterocycles. The lowest BCUT2D eigenvalue weighted by Gasteiger charge is -2.21. The van der Waals surface area contributed by atoms with Crippen molar-refractivity contribution in [1.82, 2.24) is 0 Å². The molecule has 27 heavy (non-hydrogen) atoms. The Bertz CT molecular complexity index is 905. The third kappa shape index (κ3) is 3.00. The second-order valence-electron chi connectivity index (χ2n) is 7.02. The molecule has 136 valence electrons. The van der Waals surface area contributed by atoms with E-state index in [9.17, 15) is 19.2 Å². The van der Waals surface area contributed by atoms with Crippen molar-refractivity contribution < 1.29 is 19.2 Å². The normalized spacial score (nSPS) is 18.7. The molecule has 0 spiro atoms. The lowest BCUT2D eigenvalue weighted by molar-refractivity contribution is -0.125. The highest BCUT2D eigenvalue weighted by atomic mass is 79.9. The van der Waals surface area contributed by atoms with Crippen LogP contribution in [0.1, 0.15) is 48.6 Å². The first-order chi connectivity index (χ1) is 13.0. The van der Waals surface area contributed by atoms with Gasteiger partial charge in [0.2, 0.25) is 0 Å². The minimum atomic E-state index is -0.821. The van der Waals surface area contributed by atoms with E-state index in [4.69, 9.17) is 0 Å². The lowest BCUT2D eigenvalue weighted by Crippen LogP contribution is -2.18. The predicted octanol–water partition coefficient (Wildman–Crippen LogP) is 4.15. The molecule has 2 saturated carbocycles. The standard InChI is InChI=1S/C22H17BrO4/c23-15-7-2-1-4-12(15)20-13(21-16(24)8-9-17(21)25)5-3-6-14(20)22-18(26)10-11-19(22)27/h1-7,21-22H,8-11H2. The summed E-state index contributed by atoms with van der Waals surface area (Å²) in [5.74, 6) is -2.05.